The summed E-state index contributed by atoms with van der Waals surface area (Å²) in [5, 5.41) is 3.06. The maximum Gasteiger partial charge on any atom is 0.221 e. The molecule has 0 spiro atoms. The van der Waals surface area contributed by atoms with Crippen molar-refractivity contribution in [3.63, 3.8) is 0 Å². The Labute approximate surface area is 140 Å². The SMILES string of the molecule is CC1(C)CCC(CNC(=O)CC(N)c2ccccc2)CC1.Cl. The average Bonchev–Trinajstić information content (AvgIpc) is 2.47. The molecule has 3 nitrogen and oxygen atoms in total. The topological polar surface area (TPSA) is 55.1 Å². The van der Waals surface area contributed by atoms with Crippen LogP contribution < -0.4 is 11.1 Å². The Kier molecular flexibility index (Phi) is 7.37. The molecule has 1 fully saturated rings. The zero-order valence-electron chi connectivity index (χ0n) is 13.7. The highest BCUT2D eigenvalue weighted by Gasteiger charge is 2.26. The summed E-state index contributed by atoms with van der Waals surface area (Å²) in [5.41, 5.74) is 7.58. The van der Waals surface area contributed by atoms with Crippen molar-refractivity contribution in [1.29, 1.82) is 0 Å². The Hall–Kier alpha value is -1.06. The molecule has 0 bridgehead atoms. The van der Waals surface area contributed by atoms with E-state index in [0.29, 0.717) is 17.8 Å². The Balaban J connectivity index is 0.00000242. The molecule has 1 aliphatic carbocycles. The van der Waals surface area contributed by atoms with Gasteiger partial charge in [0.05, 0.1) is 0 Å². The minimum atomic E-state index is -0.212. The largest absolute Gasteiger partial charge is 0.356 e. The number of halogens is 1. The summed E-state index contributed by atoms with van der Waals surface area (Å²) in [7, 11) is 0. The van der Waals surface area contributed by atoms with Gasteiger partial charge in [-0.1, -0.05) is 44.2 Å². The number of carbonyl (C=O) groups is 1. The summed E-state index contributed by atoms with van der Waals surface area (Å²) in [6.07, 6.45) is 5.33. The van der Waals surface area contributed by atoms with Crippen LogP contribution in [0.1, 0.15) is 57.6 Å². The highest BCUT2D eigenvalue weighted by molar-refractivity contribution is 5.85. The lowest BCUT2D eigenvalue weighted by Gasteiger charge is -2.34. The van der Waals surface area contributed by atoms with Gasteiger partial charge in [-0.05, 0) is 42.6 Å². The van der Waals surface area contributed by atoms with Gasteiger partial charge in [0, 0.05) is 19.0 Å². The number of hydrogen-bond donors (Lipinski definition) is 2. The maximum absolute atomic E-state index is 12.0. The second-order valence-corrected chi connectivity index (χ2v) is 7.13. The lowest BCUT2D eigenvalue weighted by Crippen LogP contribution is -2.34. The molecule has 1 aromatic rings. The molecule has 124 valence electrons. The number of carbonyl (C=O) groups excluding carboxylic acids is 1. The molecular weight excluding hydrogens is 296 g/mol. The van der Waals surface area contributed by atoms with Crippen LogP contribution in [0.25, 0.3) is 0 Å². The summed E-state index contributed by atoms with van der Waals surface area (Å²) < 4.78 is 0. The van der Waals surface area contributed by atoms with E-state index in [1.165, 1.54) is 25.7 Å². The van der Waals surface area contributed by atoms with Gasteiger partial charge in [-0.25, -0.2) is 0 Å². The summed E-state index contributed by atoms with van der Waals surface area (Å²) in [6.45, 7) is 5.47. The molecule has 4 heteroatoms. The van der Waals surface area contributed by atoms with Gasteiger partial charge in [0.2, 0.25) is 5.91 Å². The molecule has 0 radical (unpaired) electrons. The molecule has 1 aliphatic rings. The second kappa shape index (κ2) is 8.54. The van der Waals surface area contributed by atoms with Gasteiger partial charge in [0.1, 0.15) is 0 Å². The Bertz CT molecular complexity index is 451. The van der Waals surface area contributed by atoms with Crippen molar-refractivity contribution in [1.82, 2.24) is 5.32 Å². The van der Waals surface area contributed by atoms with Crippen LogP contribution in [0.3, 0.4) is 0 Å². The number of benzene rings is 1. The van der Waals surface area contributed by atoms with Crippen LogP contribution in [-0.4, -0.2) is 12.5 Å². The van der Waals surface area contributed by atoms with Crippen molar-refractivity contribution >= 4 is 18.3 Å². The van der Waals surface area contributed by atoms with E-state index in [4.69, 9.17) is 5.73 Å². The minimum absolute atomic E-state index is 0. The number of nitrogens with one attached hydrogen (secondary N) is 1. The van der Waals surface area contributed by atoms with Crippen LogP contribution in [0.4, 0.5) is 0 Å². The molecule has 1 aromatic carbocycles. The van der Waals surface area contributed by atoms with Crippen LogP contribution >= 0.6 is 12.4 Å². The highest BCUT2D eigenvalue weighted by atomic mass is 35.5. The fourth-order valence-electron chi connectivity index (χ4n) is 3.01. The molecule has 1 unspecified atom stereocenters. The van der Waals surface area contributed by atoms with Crippen molar-refractivity contribution in [3.8, 4) is 0 Å². The van der Waals surface area contributed by atoms with Crippen molar-refractivity contribution in [3.05, 3.63) is 35.9 Å². The first kappa shape index (κ1) is 19.0. The Morgan fingerprint density at radius 3 is 2.45 bits per heavy atom. The zero-order chi connectivity index (χ0) is 15.3. The van der Waals surface area contributed by atoms with Crippen LogP contribution in [0.2, 0.25) is 0 Å². The first-order valence-corrected chi connectivity index (χ1v) is 8.03. The van der Waals surface area contributed by atoms with E-state index in [1.54, 1.807) is 0 Å². The number of nitrogens with two attached hydrogens (primary N) is 1. The van der Waals surface area contributed by atoms with Gasteiger partial charge < -0.3 is 11.1 Å². The van der Waals surface area contributed by atoms with Crippen molar-refractivity contribution in [2.75, 3.05) is 6.54 Å². The number of amides is 1. The van der Waals surface area contributed by atoms with Gasteiger partial charge in [-0.15, -0.1) is 12.4 Å². The molecule has 0 aliphatic heterocycles. The highest BCUT2D eigenvalue weighted by Crippen LogP contribution is 2.37. The predicted octanol–water partition coefficient (Wildman–Crippen LogP) is 3.83. The van der Waals surface area contributed by atoms with Gasteiger partial charge >= 0.3 is 0 Å². The van der Waals surface area contributed by atoms with E-state index in [-0.39, 0.29) is 24.4 Å². The van der Waals surface area contributed by atoms with Crippen LogP contribution in [-0.2, 0) is 4.79 Å². The molecule has 1 saturated carbocycles. The quantitative estimate of drug-likeness (QED) is 0.864. The fourth-order valence-corrected chi connectivity index (χ4v) is 3.01. The Morgan fingerprint density at radius 1 is 1.27 bits per heavy atom. The van der Waals surface area contributed by atoms with Gasteiger partial charge in [-0.2, -0.15) is 0 Å². The number of hydrogen-bond acceptors (Lipinski definition) is 2. The van der Waals surface area contributed by atoms with E-state index in [9.17, 15) is 4.79 Å². The maximum atomic E-state index is 12.0. The van der Waals surface area contributed by atoms with Gasteiger partial charge in [0.25, 0.3) is 0 Å². The van der Waals surface area contributed by atoms with E-state index < -0.39 is 0 Å². The molecular formula is C18H29ClN2O. The molecule has 0 aromatic heterocycles. The summed E-state index contributed by atoms with van der Waals surface area (Å²) in [5.74, 6) is 0.700. The van der Waals surface area contributed by atoms with Crippen LogP contribution in [0.5, 0.6) is 0 Å². The van der Waals surface area contributed by atoms with Crippen molar-refractivity contribution in [2.45, 2.75) is 52.0 Å². The van der Waals surface area contributed by atoms with Crippen molar-refractivity contribution in [2.24, 2.45) is 17.1 Å². The second-order valence-electron chi connectivity index (χ2n) is 7.13. The van der Waals surface area contributed by atoms with E-state index >= 15 is 0 Å². The normalized spacial score (nSPS) is 19.0. The monoisotopic (exact) mass is 324 g/mol. The van der Waals surface area contributed by atoms with Crippen LogP contribution in [0, 0.1) is 11.3 Å². The Morgan fingerprint density at radius 2 is 1.86 bits per heavy atom. The first-order chi connectivity index (χ1) is 9.96. The standard InChI is InChI=1S/C18H28N2O.ClH/c1-18(2)10-8-14(9-11-18)13-20-17(21)12-16(19)15-6-4-3-5-7-15;/h3-7,14,16H,8-13,19H2,1-2H3,(H,20,21);1H. The third kappa shape index (κ3) is 5.98. The fraction of sp³-hybridized carbons (Fsp3) is 0.611. The number of rotatable bonds is 5. The third-order valence-electron chi connectivity index (χ3n) is 4.68. The average molecular weight is 325 g/mol. The summed E-state index contributed by atoms with van der Waals surface area (Å²) >= 11 is 0. The molecule has 0 saturated heterocycles. The smallest absolute Gasteiger partial charge is 0.221 e. The summed E-state index contributed by atoms with van der Waals surface area (Å²) in [6, 6.07) is 9.60. The minimum Gasteiger partial charge on any atom is -0.356 e. The van der Waals surface area contributed by atoms with E-state index in [2.05, 4.69) is 19.2 Å². The lowest BCUT2D eigenvalue weighted by molar-refractivity contribution is -0.121. The molecule has 2 rings (SSSR count). The predicted molar refractivity (Wildman–Crippen MR) is 94.0 cm³/mol. The van der Waals surface area contributed by atoms with Gasteiger partial charge in [-0.3, -0.25) is 4.79 Å². The summed E-state index contributed by atoms with van der Waals surface area (Å²) in [4.78, 5) is 12.0. The van der Waals surface area contributed by atoms with Crippen LogP contribution in [0.15, 0.2) is 30.3 Å². The first-order valence-electron chi connectivity index (χ1n) is 8.03. The lowest BCUT2D eigenvalue weighted by atomic mass is 9.73. The zero-order valence-corrected chi connectivity index (χ0v) is 14.5. The molecule has 22 heavy (non-hydrogen) atoms. The molecule has 1 amide bonds. The van der Waals surface area contributed by atoms with E-state index in [0.717, 1.165) is 12.1 Å². The molecule has 0 heterocycles. The van der Waals surface area contributed by atoms with Gasteiger partial charge in [0.15, 0.2) is 0 Å². The molecule has 3 N–H and O–H groups in total. The van der Waals surface area contributed by atoms with E-state index in [1.807, 2.05) is 30.3 Å². The third-order valence-corrected chi connectivity index (χ3v) is 4.68. The van der Waals surface area contributed by atoms with Crippen molar-refractivity contribution < 1.29 is 4.79 Å². The molecule has 1 atom stereocenters.